The molecule has 20 heavy (non-hydrogen) atoms. The lowest BCUT2D eigenvalue weighted by molar-refractivity contribution is 0.626. The molecule has 0 aliphatic carbocycles. The maximum Gasteiger partial charge on any atom is 0.123 e. The van der Waals surface area contributed by atoms with Crippen LogP contribution in [-0.4, -0.2) is 13.6 Å². The highest BCUT2D eigenvalue weighted by molar-refractivity contribution is 6.35. The van der Waals surface area contributed by atoms with Crippen molar-refractivity contribution < 1.29 is 4.39 Å². The fourth-order valence-corrected chi connectivity index (χ4v) is 2.66. The number of hydrogen-bond acceptors (Lipinski definition) is 2. The van der Waals surface area contributed by atoms with Crippen LogP contribution in [0.2, 0.25) is 10.0 Å². The van der Waals surface area contributed by atoms with E-state index in [4.69, 9.17) is 28.9 Å². The monoisotopic (exact) mass is 312 g/mol. The summed E-state index contributed by atoms with van der Waals surface area (Å²) in [6.45, 7) is 0.384. The Balaban J connectivity index is 2.33. The maximum absolute atomic E-state index is 13.0. The van der Waals surface area contributed by atoms with Gasteiger partial charge in [-0.3, -0.25) is 0 Å². The highest BCUT2D eigenvalue weighted by Crippen LogP contribution is 2.31. The smallest absolute Gasteiger partial charge is 0.123 e. The SMILES string of the molecule is CN(c1ccc(F)cc1)C(CN)c1ccc(Cl)cc1Cl. The van der Waals surface area contributed by atoms with Gasteiger partial charge in [0.1, 0.15) is 5.82 Å². The van der Waals surface area contributed by atoms with Crippen LogP contribution in [-0.2, 0) is 0 Å². The van der Waals surface area contributed by atoms with Gasteiger partial charge in [-0.15, -0.1) is 0 Å². The summed E-state index contributed by atoms with van der Waals surface area (Å²) >= 11 is 12.1. The molecule has 2 rings (SSSR count). The van der Waals surface area contributed by atoms with Gasteiger partial charge in [0.15, 0.2) is 0 Å². The van der Waals surface area contributed by atoms with E-state index >= 15 is 0 Å². The first kappa shape index (κ1) is 15.1. The molecule has 5 heteroatoms. The Bertz CT molecular complexity index is 587. The Morgan fingerprint density at radius 3 is 2.35 bits per heavy atom. The second-order valence-corrected chi connectivity index (χ2v) is 5.35. The predicted molar refractivity (Wildman–Crippen MR) is 83.1 cm³/mol. The minimum Gasteiger partial charge on any atom is -0.366 e. The van der Waals surface area contributed by atoms with Crippen molar-refractivity contribution in [1.29, 1.82) is 0 Å². The van der Waals surface area contributed by atoms with E-state index in [1.165, 1.54) is 12.1 Å². The van der Waals surface area contributed by atoms with Crippen LogP contribution in [0.25, 0.3) is 0 Å². The quantitative estimate of drug-likeness (QED) is 0.913. The molecule has 106 valence electrons. The van der Waals surface area contributed by atoms with E-state index in [0.717, 1.165) is 11.3 Å². The number of halogens is 3. The molecule has 2 aromatic rings. The second-order valence-electron chi connectivity index (χ2n) is 4.50. The van der Waals surface area contributed by atoms with Crippen LogP contribution in [0, 0.1) is 5.82 Å². The molecule has 0 spiro atoms. The number of rotatable bonds is 4. The number of hydrogen-bond donors (Lipinski definition) is 1. The zero-order valence-corrected chi connectivity index (χ0v) is 12.5. The highest BCUT2D eigenvalue weighted by Gasteiger charge is 2.19. The maximum atomic E-state index is 13.0. The average Bonchev–Trinajstić information content (AvgIpc) is 2.42. The van der Waals surface area contributed by atoms with Crippen molar-refractivity contribution in [1.82, 2.24) is 0 Å². The molecule has 0 aliphatic heterocycles. The summed E-state index contributed by atoms with van der Waals surface area (Å²) in [5, 5.41) is 1.15. The number of nitrogens with two attached hydrogens (primary N) is 1. The molecule has 0 aromatic heterocycles. The average molecular weight is 313 g/mol. The van der Waals surface area contributed by atoms with Crippen LogP contribution < -0.4 is 10.6 Å². The highest BCUT2D eigenvalue weighted by atomic mass is 35.5. The van der Waals surface area contributed by atoms with Crippen molar-refractivity contribution in [3.8, 4) is 0 Å². The van der Waals surface area contributed by atoms with Gasteiger partial charge in [-0.1, -0.05) is 29.3 Å². The number of anilines is 1. The molecular formula is C15H15Cl2FN2. The van der Waals surface area contributed by atoms with Gasteiger partial charge in [0.05, 0.1) is 6.04 Å². The zero-order valence-electron chi connectivity index (χ0n) is 11.0. The summed E-state index contributed by atoms with van der Waals surface area (Å²) in [6.07, 6.45) is 0. The molecule has 1 atom stereocenters. The number of benzene rings is 2. The normalized spacial score (nSPS) is 12.2. The summed E-state index contributed by atoms with van der Waals surface area (Å²) in [6, 6.07) is 11.5. The van der Waals surface area contributed by atoms with Crippen molar-refractivity contribution in [2.24, 2.45) is 5.73 Å². The fraction of sp³-hybridized carbons (Fsp3) is 0.200. The van der Waals surface area contributed by atoms with Crippen molar-refractivity contribution in [3.05, 3.63) is 63.9 Å². The van der Waals surface area contributed by atoms with E-state index in [9.17, 15) is 4.39 Å². The van der Waals surface area contributed by atoms with E-state index in [1.54, 1.807) is 24.3 Å². The Morgan fingerprint density at radius 2 is 1.80 bits per heavy atom. The van der Waals surface area contributed by atoms with Gasteiger partial charge in [-0.05, 0) is 42.0 Å². The molecular weight excluding hydrogens is 298 g/mol. The third-order valence-electron chi connectivity index (χ3n) is 3.25. The Labute approximate surface area is 127 Å². The molecule has 0 radical (unpaired) electrons. The van der Waals surface area contributed by atoms with Crippen LogP contribution >= 0.6 is 23.2 Å². The van der Waals surface area contributed by atoms with Crippen LogP contribution in [0.15, 0.2) is 42.5 Å². The molecule has 0 aliphatic rings. The Hall–Kier alpha value is -1.29. The zero-order chi connectivity index (χ0) is 14.7. The largest absolute Gasteiger partial charge is 0.366 e. The van der Waals surface area contributed by atoms with E-state index in [2.05, 4.69) is 0 Å². The van der Waals surface area contributed by atoms with Gasteiger partial charge in [0.25, 0.3) is 0 Å². The number of likely N-dealkylation sites (N-methyl/N-ethyl adjacent to an activating group) is 1. The third-order valence-corrected chi connectivity index (χ3v) is 3.81. The first-order chi connectivity index (χ1) is 9.52. The fourth-order valence-electron chi connectivity index (χ4n) is 2.12. The van der Waals surface area contributed by atoms with Crippen LogP contribution in [0.5, 0.6) is 0 Å². The van der Waals surface area contributed by atoms with E-state index in [-0.39, 0.29) is 11.9 Å². The summed E-state index contributed by atoms with van der Waals surface area (Å²) in [7, 11) is 1.90. The van der Waals surface area contributed by atoms with E-state index in [0.29, 0.717) is 16.6 Å². The minimum absolute atomic E-state index is 0.106. The van der Waals surface area contributed by atoms with E-state index < -0.39 is 0 Å². The van der Waals surface area contributed by atoms with Crippen LogP contribution in [0.4, 0.5) is 10.1 Å². The lowest BCUT2D eigenvalue weighted by Gasteiger charge is -2.30. The summed E-state index contributed by atoms with van der Waals surface area (Å²) in [5.41, 5.74) is 7.63. The third kappa shape index (κ3) is 3.23. The van der Waals surface area contributed by atoms with Crippen LogP contribution in [0.3, 0.4) is 0 Å². The number of nitrogens with zero attached hydrogens (tertiary/aromatic N) is 1. The molecule has 1 unspecified atom stereocenters. The van der Waals surface area contributed by atoms with Gasteiger partial charge in [0, 0.05) is 29.3 Å². The van der Waals surface area contributed by atoms with Crippen molar-refractivity contribution >= 4 is 28.9 Å². The molecule has 0 heterocycles. The molecule has 2 aromatic carbocycles. The molecule has 0 bridgehead atoms. The van der Waals surface area contributed by atoms with Gasteiger partial charge in [0.2, 0.25) is 0 Å². The molecule has 2 nitrogen and oxygen atoms in total. The molecule has 0 fully saturated rings. The van der Waals surface area contributed by atoms with Gasteiger partial charge in [-0.2, -0.15) is 0 Å². The van der Waals surface area contributed by atoms with Crippen molar-refractivity contribution in [3.63, 3.8) is 0 Å². The lowest BCUT2D eigenvalue weighted by Crippen LogP contribution is -2.30. The second kappa shape index (κ2) is 6.44. The topological polar surface area (TPSA) is 29.3 Å². The predicted octanol–water partition coefficient (Wildman–Crippen LogP) is 4.27. The Kier molecular flexibility index (Phi) is 4.86. The van der Waals surface area contributed by atoms with Crippen molar-refractivity contribution in [2.45, 2.75) is 6.04 Å². The lowest BCUT2D eigenvalue weighted by atomic mass is 10.0. The molecule has 0 saturated carbocycles. The summed E-state index contributed by atoms with van der Waals surface area (Å²) < 4.78 is 13.0. The van der Waals surface area contributed by atoms with Gasteiger partial charge in [-0.25, -0.2) is 4.39 Å². The van der Waals surface area contributed by atoms with Crippen molar-refractivity contribution in [2.75, 3.05) is 18.5 Å². The standard InChI is InChI=1S/C15H15Cl2FN2/c1-20(12-5-3-11(18)4-6-12)15(9-19)13-7-2-10(16)8-14(13)17/h2-8,15H,9,19H2,1H3. The summed E-state index contributed by atoms with van der Waals surface area (Å²) in [5.74, 6) is -0.268. The van der Waals surface area contributed by atoms with Crippen LogP contribution in [0.1, 0.15) is 11.6 Å². The molecule has 0 saturated heterocycles. The minimum atomic E-state index is -0.268. The summed E-state index contributed by atoms with van der Waals surface area (Å²) in [4.78, 5) is 1.97. The Morgan fingerprint density at radius 1 is 1.15 bits per heavy atom. The van der Waals surface area contributed by atoms with Gasteiger partial charge >= 0.3 is 0 Å². The first-order valence-corrected chi connectivity index (χ1v) is 6.92. The molecule has 2 N–H and O–H groups in total. The molecule has 0 amide bonds. The van der Waals surface area contributed by atoms with E-state index in [1.807, 2.05) is 18.0 Å². The first-order valence-electron chi connectivity index (χ1n) is 6.16. The van der Waals surface area contributed by atoms with Gasteiger partial charge < -0.3 is 10.6 Å².